The van der Waals surface area contributed by atoms with Gasteiger partial charge >= 0.3 is 12.4 Å². The van der Waals surface area contributed by atoms with Crippen molar-refractivity contribution in [1.82, 2.24) is 5.43 Å². The van der Waals surface area contributed by atoms with E-state index in [4.69, 9.17) is 5.84 Å². The van der Waals surface area contributed by atoms with Crippen molar-refractivity contribution in [1.29, 1.82) is 0 Å². The zero-order valence-electron chi connectivity index (χ0n) is 9.49. The molecule has 0 aliphatic carbocycles. The Hall–Kier alpha value is -0.870. The summed E-state index contributed by atoms with van der Waals surface area (Å²) in [4.78, 5) is 0. The number of halogens is 8. The lowest BCUT2D eigenvalue weighted by Crippen LogP contribution is -2.48. The molecule has 114 valence electrons. The molecule has 0 radical (unpaired) electrons. The van der Waals surface area contributed by atoms with Crippen LogP contribution in [0.3, 0.4) is 0 Å². The largest absolute Gasteiger partial charge is 0.402 e. The summed E-state index contributed by atoms with van der Waals surface area (Å²) in [5, 5.41) is 0. The van der Waals surface area contributed by atoms with Gasteiger partial charge in [-0.2, -0.15) is 26.3 Å². The lowest BCUT2D eigenvalue weighted by molar-refractivity contribution is -0.293. The van der Waals surface area contributed by atoms with Crippen molar-refractivity contribution in [2.45, 2.75) is 18.4 Å². The normalized spacial score (nSPS) is 14.7. The van der Waals surface area contributed by atoms with Crippen molar-refractivity contribution >= 4 is 15.9 Å². The van der Waals surface area contributed by atoms with E-state index in [2.05, 4.69) is 15.9 Å². The Bertz CT molecular complexity index is 458. The second-order valence-electron chi connectivity index (χ2n) is 3.85. The molecule has 2 nitrogen and oxygen atoms in total. The van der Waals surface area contributed by atoms with Crippen LogP contribution < -0.4 is 11.3 Å². The summed E-state index contributed by atoms with van der Waals surface area (Å²) in [6, 6.07) is 0.557. The van der Waals surface area contributed by atoms with Gasteiger partial charge in [0.15, 0.2) is 5.92 Å². The van der Waals surface area contributed by atoms with Crippen LogP contribution in [0.2, 0.25) is 0 Å². The highest BCUT2D eigenvalue weighted by atomic mass is 79.9. The summed E-state index contributed by atoms with van der Waals surface area (Å²) in [7, 11) is 0. The summed E-state index contributed by atoms with van der Waals surface area (Å²) in [5.41, 5.74) is 0.567. The average molecular weight is 369 g/mol. The zero-order valence-corrected chi connectivity index (χ0v) is 11.1. The summed E-state index contributed by atoms with van der Waals surface area (Å²) in [6.07, 6.45) is -11.3. The van der Waals surface area contributed by atoms with E-state index in [0.717, 1.165) is 18.2 Å². The SMILES string of the molecule is NNC(c1cccc(Br)c1F)C(C(F)(F)F)C(F)(F)F. The van der Waals surface area contributed by atoms with Gasteiger partial charge in [-0.15, -0.1) is 0 Å². The van der Waals surface area contributed by atoms with Crippen LogP contribution in [0.25, 0.3) is 0 Å². The van der Waals surface area contributed by atoms with Gasteiger partial charge in [-0.1, -0.05) is 12.1 Å². The number of nitrogens with one attached hydrogen (secondary N) is 1. The van der Waals surface area contributed by atoms with Crippen LogP contribution in [0.5, 0.6) is 0 Å². The molecule has 0 aliphatic heterocycles. The van der Waals surface area contributed by atoms with Gasteiger partial charge in [-0.05, 0) is 22.0 Å². The van der Waals surface area contributed by atoms with Gasteiger partial charge in [0, 0.05) is 5.56 Å². The summed E-state index contributed by atoms with van der Waals surface area (Å²) >= 11 is 2.69. The van der Waals surface area contributed by atoms with Gasteiger partial charge in [0.1, 0.15) is 5.82 Å². The van der Waals surface area contributed by atoms with Crippen LogP contribution in [0.1, 0.15) is 11.6 Å². The Morgan fingerprint density at radius 3 is 1.95 bits per heavy atom. The smallest absolute Gasteiger partial charge is 0.271 e. The van der Waals surface area contributed by atoms with Crippen LogP contribution in [-0.4, -0.2) is 12.4 Å². The predicted molar refractivity (Wildman–Crippen MR) is 59.8 cm³/mol. The van der Waals surface area contributed by atoms with Gasteiger partial charge in [-0.25, -0.2) is 4.39 Å². The molecular formula is C10H8BrF7N2. The number of nitrogens with two attached hydrogens (primary N) is 1. The molecule has 0 aliphatic rings. The van der Waals surface area contributed by atoms with E-state index in [0.29, 0.717) is 0 Å². The predicted octanol–water partition coefficient (Wildman–Crippen LogP) is 3.83. The van der Waals surface area contributed by atoms with Crippen molar-refractivity contribution in [3.8, 4) is 0 Å². The molecular weight excluding hydrogens is 361 g/mol. The van der Waals surface area contributed by atoms with Gasteiger partial charge in [0.2, 0.25) is 0 Å². The Morgan fingerprint density at radius 1 is 1.05 bits per heavy atom. The van der Waals surface area contributed by atoms with Crippen LogP contribution in [-0.2, 0) is 0 Å². The molecule has 20 heavy (non-hydrogen) atoms. The maximum Gasteiger partial charge on any atom is 0.402 e. The molecule has 1 unspecified atom stereocenters. The highest BCUT2D eigenvalue weighted by Gasteiger charge is 2.60. The van der Waals surface area contributed by atoms with Crippen LogP contribution in [0, 0.1) is 11.7 Å². The van der Waals surface area contributed by atoms with E-state index < -0.39 is 35.7 Å². The van der Waals surface area contributed by atoms with Crippen LogP contribution in [0.15, 0.2) is 22.7 Å². The molecule has 1 atom stereocenters. The Balaban J connectivity index is 3.39. The minimum atomic E-state index is -5.63. The summed E-state index contributed by atoms with van der Waals surface area (Å²) in [5.74, 6) is -0.285. The van der Waals surface area contributed by atoms with Crippen molar-refractivity contribution in [3.63, 3.8) is 0 Å². The number of benzene rings is 1. The second kappa shape index (κ2) is 5.86. The first-order chi connectivity index (χ1) is 9.00. The molecule has 0 bridgehead atoms. The molecule has 0 saturated heterocycles. The first-order valence-electron chi connectivity index (χ1n) is 5.03. The van der Waals surface area contributed by atoms with Crippen LogP contribution in [0.4, 0.5) is 30.7 Å². The van der Waals surface area contributed by atoms with Gasteiger partial charge in [0.25, 0.3) is 0 Å². The summed E-state index contributed by atoms with van der Waals surface area (Å²) in [6.45, 7) is 0. The van der Waals surface area contributed by atoms with Crippen molar-refractivity contribution in [2.24, 2.45) is 11.8 Å². The summed E-state index contributed by atoms with van der Waals surface area (Å²) < 4.78 is 89.2. The number of hydrazine groups is 1. The Labute approximate surface area is 117 Å². The standard InChI is InChI=1S/C10H8BrF7N2/c11-5-3-1-2-4(6(5)12)7(20-19)8(9(13,14)15)10(16,17)18/h1-3,7-8,20H,19H2. The molecule has 1 aromatic rings. The van der Waals surface area contributed by atoms with E-state index in [1.165, 1.54) is 5.43 Å². The first kappa shape index (κ1) is 17.2. The lowest BCUT2D eigenvalue weighted by atomic mass is 9.92. The van der Waals surface area contributed by atoms with Gasteiger partial charge < -0.3 is 0 Å². The maximum absolute atomic E-state index is 13.7. The second-order valence-corrected chi connectivity index (χ2v) is 4.70. The van der Waals surface area contributed by atoms with Gasteiger partial charge in [-0.3, -0.25) is 11.3 Å². The molecule has 10 heteroatoms. The molecule has 0 fully saturated rings. The van der Waals surface area contributed by atoms with E-state index in [1.807, 2.05) is 0 Å². The third-order valence-corrected chi connectivity index (χ3v) is 3.15. The molecule has 0 saturated carbocycles. The number of hydrogen-bond donors (Lipinski definition) is 2. The fourth-order valence-corrected chi connectivity index (χ4v) is 2.07. The monoisotopic (exact) mass is 368 g/mol. The average Bonchev–Trinajstić information content (AvgIpc) is 2.26. The fraction of sp³-hybridized carbons (Fsp3) is 0.400. The number of hydrogen-bond acceptors (Lipinski definition) is 2. The topological polar surface area (TPSA) is 38.0 Å². The molecule has 1 rings (SSSR count). The first-order valence-corrected chi connectivity index (χ1v) is 5.83. The number of rotatable bonds is 3. The third-order valence-electron chi connectivity index (χ3n) is 2.53. The van der Waals surface area contributed by atoms with Crippen molar-refractivity contribution in [2.75, 3.05) is 0 Å². The van der Waals surface area contributed by atoms with Gasteiger partial charge in [0.05, 0.1) is 10.5 Å². The fourth-order valence-electron chi connectivity index (χ4n) is 1.69. The Morgan fingerprint density at radius 2 is 1.55 bits per heavy atom. The molecule has 0 amide bonds. The van der Waals surface area contributed by atoms with E-state index in [-0.39, 0.29) is 4.47 Å². The Kier molecular flexibility index (Phi) is 5.03. The lowest BCUT2D eigenvalue weighted by Gasteiger charge is -2.30. The third kappa shape index (κ3) is 3.61. The van der Waals surface area contributed by atoms with E-state index >= 15 is 0 Å². The van der Waals surface area contributed by atoms with Crippen LogP contribution >= 0.6 is 15.9 Å². The molecule has 0 spiro atoms. The minimum Gasteiger partial charge on any atom is -0.271 e. The van der Waals surface area contributed by atoms with E-state index in [1.54, 1.807) is 0 Å². The van der Waals surface area contributed by atoms with E-state index in [9.17, 15) is 30.7 Å². The minimum absolute atomic E-state index is 0.265. The number of alkyl halides is 6. The van der Waals surface area contributed by atoms with Crippen molar-refractivity contribution in [3.05, 3.63) is 34.1 Å². The zero-order chi connectivity index (χ0) is 15.7. The van der Waals surface area contributed by atoms with Crippen molar-refractivity contribution < 1.29 is 30.7 Å². The maximum atomic E-state index is 13.7. The molecule has 0 heterocycles. The highest BCUT2D eigenvalue weighted by Crippen LogP contribution is 2.46. The molecule has 0 aromatic heterocycles. The quantitative estimate of drug-likeness (QED) is 0.483. The molecule has 3 N–H and O–H groups in total. The molecule has 1 aromatic carbocycles. The highest BCUT2D eigenvalue weighted by molar-refractivity contribution is 9.10.